The molecular formula is C15H18BrNS. The van der Waals surface area contributed by atoms with E-state index in [1.807, 2.05) is 11.3 Å². The summed E-state index contributed by atoms with van der Waals surface area (Å²) in [7, 11) is 0. The standard InChI is InChI=1S/C15H18BrNS/c1-4-17-14(15-10(2)7-8-18-15)12-5-6-13(16)11(3)9-12/h5-9,14,17H,4H2,1-3H3. The van der Waals surface area contributed by atoms with E-state index in [1.165, 1.54) is 26.0 Å². The fraction of sp³-hybridized carbons (Fsp3) is 0.333. The average molecular weight is 324 g/mol. The average Bonchev–Trinajstić information content (AvgIpc) is 2.76. The molecule has 0 saturated heterocycles. The summed E-state index contributed by atoms with van der Waals surface area (Å²) in [6, 6.07) is 9.09. The lowest BCUT2D eigenvalue weighted by atomic mass is 10.0. The van der Waals surface area contributed by atoms with E-state index in [-0.39, 0.29) is 0 Å². The minimum atomic E-state index is 0.307. The van der Waals surface area contributed by atoms with Gasteiger partial charge in [-0.3, -0.25) is 0 Å². The van der Waals surface area contributed by atoms with Crippen molar-refractivity contribution in [2.24, 2.45) is 0 Å². The molecule has 3 heteroatoms. The molecule has 0 amide bonds. The van der Waals surface area contributed by atoms with Crippen molar-refractivity contribution in [2.75, 3.05) is 6.54 Å². The van der Waals surface area contributed by atoms with Crippen LogP contribution in [0.2, 0.25) is 0 Å². The quantitative estimate of drug-likeness (QED) is 0.850. The highest BCUT2D eigenvalue weighted by Crippen LogP contribution is 2.31. The van der Waals surface area contributed by atoms with Crippen molar-refractivity contribution >= 4 is 27.3 Å². The number of aryl methyl sites for hydroxylation is 2. The number of rotatable bonds is 4. The lowest BCUT2D eigenvalue weighted by Crippen LogP contribution is -2.21. The predicted molar refractivity (Wildman–Crippen MR) is 83.5 cm³/mol. The summed E-state index contributed by atoms with van der Waals surface area (Å²) in [6.45, 7) is 7.44. The van der Waals surface area contributed by atoms with E-state index in [9.17, 15) is 0 Å². The molecule has 1 nitrogen and oxygen atoms in total. The van der Waals surface area contributed by atoms with Gasteiger partial charge >= 0.3 is 0 Å². The summed E-state index contributed by atoms with van der Waals surface area (Å²) in [4.78, 5) is 1.42. The van der Waals surface area contributed by atoms with Crippen molar-refractivity contribution in [2.45, 2.75) is 26.8 Å². The van der Waals surface area contributed by atoms with Crippen molar-refractivity contribution in [3.63, 3.8) is 0 Å². The Balaban J connectivity index is 2.41. The number of thiophene rings is 1. The SMILES string of the molecule is CCNC(c1ccc(Br)c(C)c1)c1sccc1C. The summed E-state index contributed by atoms with van der Waals surface area (Å²) in [5.74, 6) is 0. The van der Waals surface area contributed by atoms with Gasteiger partial charge in [-0.1, -0.05) is 35.0 Å². The second kappa shape index (κ2) is 6.00. The van der Waals surface area contributed by atoms with Gasteiger partial charge in [0.1, 0.15) is 0 Å². The van der Waals surface area contributed by atoms with Crippen LogP contribution >= 0.6 is 27.3 Å². The smallest absolute Gasteiger partial charge is 0.0673 e. The van der Waals surface area contributed by atoms with E-state index in [4.69, 9.17) is 0 Å². The molecule has 1 aromatic heterocycles. The molecule has 0 fully saturated rings. The summed E-state index contributed by atoms with van der Waals surface area (Å²) in [6.07, 6.45) is 0. The Kier molecular flexibility index (Phi) is 4.60. The molecule has 0 saturated carbocycles. The van der Waals surface area contributed by atoms with Gasteiger partial charge in [-0.05, 0) is 54.6 Å². The third-order valence-electron chi connectivity index (χ3n) is 3.09. The largest absolute Gasteiger partial charge is 0.306 e. The molecule has 0 aliphatic carbocycles. The normalized spacial score (nSPS) is 12.7. The predicted octanol–water partition coefficient (Wildman–Crippen LogP) is 4.83. The molecule has 0 bridgehead atoms. The van der Waals surface area contributed by atoms with Gasteiger partial charge in [0.2, 0.25) is 0 Å². The van der Waals surface area contributed by atoms with Crippen molar-refractivity contribution < 1.29 is 0 Å². The van der Waals surface area contributed by atoms with Crippen LogP contribution in [0.4, 0.5) is 0 Å². The highest BCUT2D eigenvalue weighted by molar-refractivity contribution is 9.10. The molecule has 0 aliphatic rings. The van der Waals surface area contributed by atoms with Crippen LogP contribution in [0.3, 0.4) is 0 Å². The number of halogens is 1. The Labute approximate surface area is 121 Å². The third-order valence-corrected chi connectivity index (χ3v) is 5.06. The lowest BCUT2D eigenvalue weighted by Gasteiger charge is -2.19. The minimum Gasteiger partial charge on any atom is -0.306 e. The Hall–Kier alpha value is -0.640. The Bertz CT molecular complexity index is 533. The Morgan fingerprint density at radius 3 is 2.56 bits per heavy atom. The monoisotopic (exact) mass is 323 g/mol. The fourth-order valence-corrected chi connectivity index (χ4v) is 3.37. The zero-order valence-electron chi connectivity index (χ0n) is 11.0. The molecule has 1 atom stereocenters. The highest BCUT2D eigenvalue weighted by Gasteiger charge is 2.16. The zero-order valence-corrected chi connectivity index (χ0v) is 13.4. The summed E-state index contributed by atoms with van der Waals surface area (Å²) >= 11 is 5.39. The van der Waals surface area contributed by atoms with Crippen LogP contribution in [0.15, 0.2) is 34.1 Å². The summed E-state index contributed by atoms with van der Waals surface area (Å²) < 4.78 is 1.17. The first-order valence-corrected chi connectivity index (χ1v) is 7.84. The van der Waals surface area contributed by atoms with Gasteiger partial charge < -0.3 is 5.32 Å². The van der Waals surface area contributed by atoms with Crippen molar-refractivity contribution in [1.29, 1.82) is 0 Å². The molecule has 2 rings (SSSR count). The first-order valence-electron chi connectivity index (χ1n) is 6.17. The Morgan fingerprint density at radius 1 is 1.22 bits per heavy atom. The van der Waals surface area contributed by atoms with E-state index in [2.05, 4.69) is 71.7 Å². The second-order valence-corrected chi connectivity index (χ2v) is 6.27. The summed E-state index contributed by atoms with van der Waals surface area (Å²) in [5.41, 5.74) is 3.99. The topological polar surface area (TPSA) is 12.0 Å². The molecule has 1 unspecified atom stereocenters. The molecule has 1 aromatic carbocycles. The van der Waals surface area contributed by atoms with Gasteiger partial charge in [-0.25, -0.2) is 0 Å². The van der Waals surface area contributed by atoms with E-state index in [0.717, 1.165) is 6.54 Å². The summed E-state index contributed by atoms with van der Waals surface area (Å²) in [5, 5.41) is 5.75. The van der Waals surface area contributed by atoms with Crippen LogP contribution in [0.1, 0.15) is 34.5 Å². The first-order chi connectivity index (χ1) is 8.63. The van der Waals surface area contributed by atoms with Crippen molar-refractivity contribution in [3.05, 3.63) is 55.7 Å². The molecule has 96 valence electrons. The van der Waals surface area contributed by atoms with Gasteiger partial charge in [0.15, 0.2) is 0 Å². The van der Waals surface area contributed by atoms with Crippen LogP contribution in [0, 0.1) is 13.8 Å². The van der Waals surface area contributed by atoms with E-state index in [0.29, 0.717) is 6.04 Å². The van der Waals surface area contributed by atoms with Gasteiger partial charge in [0.05, 0.1) is 6.04 Å². The number of benzene rings is 1. The van der Waals surface area contributed by atoms with E-state index < -0.39 is 0 Å². The van der Waals surface area contributed by atoms with E-state index in [1.54, 1.807) is 0 Å². The van der Waals surface area contributed by atoms with Gasteiger partial charge in [-0.15, -0.1) is 11.3 Å². The molecule has 0 aliphatic heterocycles. The second-order valence-electron chi connectivity index (χ2n) is 4.47. The molecule has 1 heterocycles. The number of hydrogen-bond acceptors (Lipinski definition) is 2. The number of nitrogens with one attached hydrogen (secondary N) is 1. The van der Waals surface area contributed by atoms with Gasteiger partial charge in [-0.2, -0.15) is 0 Å². The van der Waals surface area contributed by atoms with Crippen molar-refractivity contribution in [3.8, 4) is 0 Å². The van der Waals surface area contributed by atoms with Crippen LogP contribution in [0.25, 0.3) is 0 Å². The van der Waals surface area contributed by atoms with Crippen LogP contribution in [-0.2, 0) is 0 Å². The first kappa shape index (κ1) is 13.8. The molecule has 18 heavy (non-hydrogen) atoms. The molecule has 1 N–H and O–H groups in total. The van der Waals surface area contributed by atoms with Crippen LogP contribution in [0.5, 0.6) is 0 Å². The third kappa shape index (κ3) is 2.85. The zero-order chi connectivity index (χ0) is 13.1. The van der Waals surface area contributed by atoms with Gasteiger partial charge in [0, 0.05) is 9.35 Å². The fourth-order valence-electron chi connectivity index (χ4n) is 2.09. The molecule has 0 spiro atoms. The van der Waals surface area contributed by atoms with E-state index >= 15 is 0 Å². The highest BCUT2D eigenvalue weighted by atomic mass is 79.9. The molecule has 0 radical (unpaired) electrons. The minimum absolute atomic E-state index is 0.307. The number of hydrogen-bond donors (Lipinski definition) is 1. The molecular weight excluding hydrogens is 306 g/mol. The van der Waals surface area contributed by atoms with Crippen molar-refractivity contribution in [1.82, 2.24) is 5.32 Å². The lowest BCUT2D eigenvalue weighted by molar-refractivity contribution is 0.637. The van der Waals surface area contributed by atoms with Gasteiger partial charge in [0.25, 0.3) is 0 Å². The maximum atomic E-state index is 3.58. The van der Waals surface area contributed by atoms with Crippen LogP contribution < -0.4 is 5.32 Å². The van der Waals surface area contributed by atoms with Crippen LogP contribution in [-0.4, -0.2) is 6.54 Å². The molecule has 2 aromatic rings. The maximum absolute atomic E-state index is 3.58. The maximum Gasteiger partial charge on any atom is 0.0673 e. The Morgan fingerprint density at radius 2 is 2.00 bits per heavy atom.